The number of aromatic nitrogens is 1. The minimum Gasteiger partial charge on any atom is -0.408 e. The number of amides is 1. The number of benzene rings is 2. The average Bonchev–Trinajstić information content (AvgIpc) is 3.09. The van der Waals surface area contributed by atoms with E-state index < -0.39 is 16.7 Å². The zero-order chi connectivity index (χ0) is 21.3. The quantitative estimate of drug-likeness (QED) is 0.473. The van der Waals surface area contributed by atoms with Gasteiger partial charge in [-0.2, -0.15) is 0 Å². The molecule has 1 atom stereocenters. The molecular formula is C21H22N4O5. The van der Waals surface area contributed by atoms with E-state index in [1.165, 1.54) is 10.6 Å². The molecule has 1 unspecified atom stereocenters. The normalized spacial score (nSPS) is 16.0. The molecule has 1 aliphatic rings. The van der Waals surface area contributed by atoms with Crippen molar-refractivity contribution in [2.75, 3.05) is 26.2 Å². The number of non-ortho nitro benzene ring substituents is 1. The second-order valence-corrected chi connectivity index (χ2v) is 7.41. The Morgan fingerprint density at radius 2 is 1.87 bits per heavy atom. The van der Waals surface area contributed by atoms with Crippen LogP contribution in [-0.4, -0.2) is 51.4 Å². The molecule has 0 aliphatic carbocycles. The summed E-state index contributed by atoms with van der Waals surface area (Å²) in [5.74, 6) is -0.667. The smallest absolute Gasteiger partial charge is 0.408 e. The Bertz CT molecular complexity index is 1140. The summed E-state index contributed by atoms with van der Waals surface area (Å²) in [5, 5.41) is 10.9. The number of oxazole rings is 1. The summed E-state index contributed by atoms with van der Waals surface area (Å²) < 4.78 is 6.64. The lowest BCUT2D eigenvalue weighted by Gasteiger charge is -2.36. The first kappa shape index (κ1) is 19.8. The second-order valence-electron chi connectivity index (χ2n) is 7.41. The topological polar surface area (TPSA) is 102 Å². The van der Waals surface area contributed by atoms with Crippen LogP contribution in [0.15, 0.2) is 57.7 Å². The molecule has 0 spiro atoms. The van der Waals surface area contributed by atoms with Gasteiger partial charge >= 0.3 is 5.76 Å². The Hall–Kier alpha value is -3.46. The molecule has 1 fully saturated rings. The molecule has 0 saturated carbocycles. The Morgan fingerprint density at radius 1 is 1.13 bits per heavy atom. The minimum atomic E-state index is -0.663. The van der Waals surface area contributed by atoms with Gasteiger partial charge in [0.1, 0.15) is 6.04 Å². The van der Waals surface area contributed by atoms with Gasteiger partial charge in [0.15, 0.2) is 5.58 Å². The Morgan fingerprint density at radius 3 is 2.60 bits per heavy atom. The van der Waals surface area contributed by atoms with Gasteiger partial charge in [-0.15, -0.1) is 0 Å². The van der Waals surface area contributed by atoms with Crippen molar-refractivity contribution in [3.63, 3.8) is 0 Å². The minimum absolute atomic E-state index is 0.0768. The SMILES string of the molecule is CC(C(=O)N1CCN(Cc2cccc([N+](=O)[O-])c2)CC1)n1c(=O)oc2ccccc21. The summed E-state index contributed by atoms with van der Waals surface area (Å²) in [6, 6.07) is 13.0. The summed E-state index contributed by atoms with van der Waals surface area (Å²) in [7, 11) is 0. The van der Waals surface area contributed by atoms with Gasteiger partial charge in [0.2, 0.25) is 5.91 Å². The first-order valence-corrected chi connectivity index (χ1v) is 9.78. The molecule has 156 valence electrons. The highest BCUT2D eigenvalue weighted by Gasteiger charge is 2.28. The molecule has 9 nitrogen and oxygen atoms in total. The highest BCUT2D eigenvalue weighted by Crippen LogP contribution is 2.20. The molecule has 4 rings (SSSR count). The van der Waals surface area contributed by atoms with Crippen molar-refractivity contribution in [1.29, 1.82) is 0 Å². The van der Waals surface area contributed by atoms with Crippen molar-refractivity contribution in [2.24, 2.45) is 0 Å². The number of nitrogens with zero attached hydrogens (tertiary/aromatic N) is 4. The second kappa shape index (κ2) is 8.11. The molecular weight excluding hydrogens is 388 g/mol. The standard InChI is InChI=1S/C21H22N4O5/c1-15(24-18-7-2-3-8-19(18)30-21(24)27)20(26)23-11-9-22(10-12-23)14-16-5-4-6-17(13-16)25(28)29/h2-8,13,15H,9-12,14H2,1H3. The van der Waals surface area contributed by atoms with Crippen molar-refractivity contribution in [3.8, 4) is 0 Å². The van der Waals surface area contributed by atoms with Gasteiger partial charge in [0.25, 0.3) is 5.69 Å². The van der Waals surface area contributed by atoms with E-state index in [1.54, 1.807) is 48.2 Å². The van der Waals surface area contributed by atoms with E-state index in [1.807, 2.05) is 6.07 Å². The van der Waals surface area contributed by atoms with E-state index in [4.69, 9.17) is 4.42 Å². The van der Waals surface area contributed by atoms with Gasteiger partial charge in [-0.05, 0) is 24.6 Å². The van der Waals surface area contributed by atoms with Gasteiger partial charge < -0.3 is 9.32 Å². The first-order valence-electron chi connectivity index (χ1n) is 9.78. The number of carbonyl (C=O) groups is 1. The Kier molecular flexibility index (Phi) is 5.37. The maximum absolute atomic E-state index is 13.0. The molecule has 1 amide bonds. The largest absolute Gasteiger partial charge is 0.420 e. The van der Waals surface area contributed by atoms with E-state index >= 15 is 0 Å². The summed E-state index contributed by atoms with van der Waals surface area (Å²) in [5.41, 5.74) is 2.01. The number of fused-ring (bicyclic) bond motifs is 1. The van der Waals surface area contributed by atoms with E-state index in [0.29, 0.717) is 43.8 Å². The number of para-hydroxylation sites is 2. The van der Waals surface area contributed by atoms with Crippen LogP contribution in [-0.2, 0) is 11.3 Å². The highest BCUT2D eigenvalue weighted by atomic mass is 16.6. The molecule has 30 heavy (non-hydrogen) atoms. The van der Waals surface area contributed by atoms with Gasteiger partial charge in [0, 0.05) is 44.9 Å². The molecule has 3 aromatic rings. The van der Waals surface area contributed by atoms with Crippen LogP contribution in [0.2, 0.25) is 0 Å². The average molecular weight is 410 g/mol. The van der Waals surface area contributed by atoms with Crippen molar-refractivity contribution in [2.45, 2.75) is 19.5 Å². The number of nitro benzene ring substituents is 1. The van der Waals surface area contributed by atoms with Crippen molar-refractivity contribution < 1.29 is 14.1 Å². The van der Waals surface area contributed by atoms with Crippen LogP contribution in [0.4, 0.5) is 5.69 Å². The molecule has 9 heteroatoms. The number of piperazine rings is 1. The lowest BCUT2D eigenvalue weighted by molar-refractivity contribution is -0.384. The number of hydrogen-bond donors (Lipinski definition) is 0. The third kappa shape index (κ3) is 3.84. The predicted molar refractivity (Wildman–Crippen MR) is 110 cm³/mol. The number of nitro groups is 1. The van der Waals surface area contributed by atoms with Crippen LogP contribution < -0.4 is 5.76 Å². The lowest BCUT2D eigenvalue weighted by atomic mass is 10.1. The van der Waals surface area contributed by atoms with E-state index in [0.717, 1.165) is 5.56 Å². The summed E-state index contributed by atoms with van der Waals surface area (Å²) >= 11 is 0. The molecule has 0 bridgehead atoms. The van der Waals surface area contributed by atoms with Gasteiger partial charge in [-0.1, -0.05) is 24.3 Å². The fourth-order valence-corrected chi connectivity index (χ4v) is 3.88. The van der Waals surface area contributed by atoms with E-state index in [2.05, 4.69) is 4.90 Å². The van der Waals surface area contributed by atoms with Gasteiger partial charge in [-0.3, -0.25) is 24.4 Å². The third-order valence-electron chi connectivity index (χ3n) is 5.47. The van der Waals surface area contributed by atoms with Crippen LogP contribution >= 0.6 is 0 Å². The molecule has 1 aromatic heterocycles. The molecule has 1 aliphatic heterocycles. The third-order valence-corrected chi connectivity index (χ3v) is 5.47. The maximum atomic E-state index is 13.0. The van der Waals surface area contributed by atoms with E-state index in [-0.39, 0.29) is 11.6 Å². The van der Waals surface area contributed by atoms with Crippen LogP contribution in [0.5, 0.6) is 0 Å². The Labute approximate surface area is 172 Å². The predicted octanol–water partition coefficient (Wildman–Crippen LogP) is 2.41. The van der Waals surface area contributed by atoms with E-state index in [9.17, 15) is 19.7 Å². The zero-order valence-electron chi connectivity index (χ0n) is 16.6. The first-order chi connectivity index (χ1) is 14.4. The molecule has 0 radical (unpaired) electrons. The van der Waals surface area contributed by atoms with Crippen LogP contribution in [0.1, 0.15) is 18.5 Å². The Balaban J connectivity index is 1.40. The monoisotopic (exact) mass is 410 g/mol. The van der Waals surface area contributed by atoms with Crippen molar-refractivity contribution >= 4 is 22.7 Å². The fourth-order valence-electron chi connectivity index (χ4n) is 3.88. The molecule has 1 saturated heterocycles. The lowest BCUT2D eigenvalue weighted by Crippen LogP contribution is -2.50. The summed E-state index contributed by atoms with van der Waals surface area (Å²) in [6.07, 6.45) is 0. The van der Waals surface area contributed by atoms with Crippen LogP contribution in [0.3, 0.4) is 0 Å². The fraction of sp³-hybridized carbons (Fsp3) is 0.333. The molecule has 0 N–H and O–H groups in total. The highest BCUT2D eigenvalue weighted by molar-refractivity contribution is 5.83. The molecule has 2 aromatic carbocycles. The number of carbonyl (C=O) groups excluding carboxylic acids is 1. The van der Waals surface area contributed by atoms with Crippen molar-refractivity contribution in [3.05, 3.63) is 74.8 Å². The van der Waals surface area contributed by atoms with Crippen molar-refractivity contribution in [1.82, 2.24) is 14.4 Å². The number of hydrogen-bond acceptors (Lipinski definition) is 6. The summed E-state index contributed by atoms with van der Waals surface area (Å²) in [6.45, 7) is 4.67. The van der Waals surface area contributed by atoms with Crippen LogP contribution in [0, 0.1) is 10.1 Å². The maximum Gasteiger partial charge on any atom is 0.420 e. The van der Waals surface area contributed by atoms with Gasteiger partial charge in [-0.25, -0.2) is 4.79 Å². The van der Waals surface area contributed by atoms with Crippen LogP contribution in [0.25, 0.3) is 11.1 Å². The number of rotatable bonds is 5. The summed E-state index contributed by atoms with van der Waals surface area (Å²) in [4.78, 5) is 39.7. The van der Waals surface area contributed by atoms with Gasteiger partial charge in [0.05, 0.1) is 10.4 Å². The molecule has 2 heterocycles. The zero-order valence-corrected chi connectivity index (χ0v) is 16.6.